The smallest absolute Gasteiger partial charge is 0.246 e. The molecule has 3 rings (SSSR count). The number of likely N-dealkylation sites (N-methyl/N-ethyl adjacent to an activating group) is 1. The normalized spacial score (nSPS) is 11.2. The number of hydrogen-bond acceptors (Lipinski definition) is 5. The first-order chi connectivity index (χ1) is 15.5. The lowest BCUT2D eigenvalue weighted by Gasteiger charge is -2.12. The molecule has 168 valence electrons. The third kappa shape index (κ3) is 6.03. The standard InChI is InChI=1S/C24H27FN4O3/c1-17(19-7-10-22-21(16-19)24(25)28-27-22)18-5-8-20(9-6-18)32-15-12-26-11-3-4-23(31)29(2)13-14-30/h3-10,16,26,30H,1,11-15H2,2H3,(H,27,28)/b4-3+. The predicted octanol–water partition coefficient (Wildman–Crippen LogP) is 2.74. The van der Waals surface area contributed by atoms with Gasteiger partial charge in [0, 0.05) is 32.8 Å². The van der Waals surface area contributed by atoms with Gasteiger partial charge in [0.25, 0.3) is 0 Å². The van der Waals surface area contributed by atoms with Crippen LogP contribution in [0.3, 0.4) is 0 Å². The molecule has 0 unspecified atom stereocenters. The summed E-state index contributed by atoms with van der Waals surface area (Å²) in [5, 5.41) is 18.7. The van der Waals surface area contributed by atoms with Gasteiger partial charge in [-0.05, 0) is 41.0 Å². The Morgan fingerprint density at radius 1 is 1.28 bits per heavy atom. The summed E-state index contributed by atoms with van der Waals surface area (Å²) in [6.07, 6.45) is 3.22. The summed E-state index contributed by atoms with van der Waals surface area (Å²) in [4.78, 5) is 13.1. The summed E-state index contributed by atoms with van der Waals surface area (Å²) >= 11 is 0. The third-order valence-corrected chi connectivity index (χ3v) is 4.94. The van der Waals surface area contributed by atoms with Crippen molar-refractivity contribution >= 4 is 22.4 Å². The average molecular weight is 439 g/mol. The van der Waals surface area contributed by atoms with Gasteiger partial charge in [-0.25, -0.2) is 0 Å². The highest BCUT2D eigenvalue weighted by Crippen LogP contribution is 2.26. The van der Waals surface area contributed by atoms with Crippen LogP contribution >= 0.6 is 0 Å². The maximum Gasteiger partial charge on any atom is 0.246 e. The number of aliphatic hydroxyl groups excluding tert-OH is 1. The van der Waals surface area contributed by atoms with E-state index >= 15 is 0 Å². The second-order valence-electron chi connectivity index (χ2n) is 7.21. The fourth-order valence-electron chi connectivity index (χ4n) is 3.06. The van der Waals surface area contributed by atoms with E-state index in [4.69, 9.17) is 9.84 Å². The molecule has 0 atom stereocenters. The zero-order valence-corrected chi connectivity index (χ0v) is 18.0. The molecule has 0 saturated heterocycles. The molecule has 3 aromatic rings. The van der Waals surface area contributed by atoms with E-state index in [-0.39, 0.29) is 12.5 Å². The van der Waals surface area contributed by atoms with Crippen LogP contribution in [0.15, 0.2) is 61.2 Å². The van der Waals surface area contributed by atoms with Crippen molar-refractivity contribution in [2.45, 2.75) is 0 Å². The van der Waals surface area contributed by atoms with Gasteiger partial charge in [-0.15, -0.1) is 0 Å². The topological polar surface area (TPSA) is 90.5 Å². The number of benzene rings is 2. The average Bonchev–Trinajstić information content (AvgIpc) is 3.18. The number of aliphatic hydroxyl groups is 1. The van der Waals surface area contributed by atoms with Gasteiger partial charge in [0.05, 0.1) is 17.5 Å². The molecule has 0 bridgehead atoms. The first-order valence-corrected chi connectivity index (χ1v) is 10.3. The molecule has 0 aliphatic rings. The number of rotatable bonds is 11. The number of nitrogens with zero attached hydrogens (tertiary/aromatic N) is 2. The number of halogens is 1. The number of aromatic nitrogens is 2. The van der Waals surface area contributed by atoms with Crippen molar-refractivity contribution in [1.82, 2.24) is 20.4 Å². The minimum absolute atomic E-state index is 0.0538. The van der Waals surface area contributed by atoms with E-state index in [1.54, 1.807) is 25.3 Å². The Bertz CT molecular complexity index is 1090. The second kappa shape index (κ2) is 11.2. The lowest BCUT2D eigenvalue weighted by Crippen LogP contribution is -2.28. The van der Waals surface area contributed by atoms with Crippen molar-refractivity contribution in [3.63, 3.8) is 0 Å². The first kappa shape index (κ1) is 23.2. The van der Waals surface area contributed by atoms with E-state index in [1.807, 2.05) is 30.3 Å². The van der Waals surface area contributed by atoms with Crippen molar-refractivity contribution < 1.29 is 19.0 Å². The zero-order chi connectivity index (χ0) is 22.9. The number of carbonyl (C=O) groups excluding carboxylic acids is 1. The van der Waals surface area contributed by atoms with Crippen LogP contribution in [0.25, 0.3) is 16.5 Å². The Morgan fingerprint density at radius 2 is 2.03 bits per heavy atom. The molecule has 7 nitrogen and oxygen atoms in total. The molecule has 0 fully saturated rings. The van der Waals surface area contributed by atoms with E-state index in [1.165, 1.54) is 11.0 Å². The Kier molecular flexibility index (Phi) is 8.13. The number of amides is 1. The molecule has 0 aliphatic heterocycles. The van der Waals surface area contributed by atoms with E-state index in [9.17, 15) is 9.18 Å². The molecule has 0 spiro atoms. The van der Waals surface area contributed by atoms with Gasteiger partial charge in [0.2, 0.25) is 11.9 Å². The fourth-order valence-corrected chi connectivity index (χ4v) is 3.06. The maximum atomic E-state index is 13.8. The molecule has 1 amide bonds. The van der Waals surface area contributed by atoms with Gasteiger partial charge in [-0.1, -0.05) is 30.9 Å². The Labute approximate surface area is 186 Å². The Balaban J connectivity index is 1.43. The minimum atomic E-state index is -0.455. The van der Waals surface area contributed by atoms with E-state index < -0.39 is 5.95 Å². The zero-order valence-electron chi connectivity index (χ0n) is 18.0. The van der Waals surface area contributed by atoms with Gasteiger partial charge in [0.15, 0.2) is 0 Å². The number of ether oxygens (including phenoxy) is 1. The van der Waals surface area contributed by atoms with Crippen molar-refractivity contribution in [3.8, 4) is 5.75 Å². The molecule has 1 heterocycles. The summed E-state index contributed by atoms with van der Waals surface area (Å²) in [6.45, 7) is 6.03. The minimum Gasteiger partial charge on any atom is -0.492 e. The van der Waals surface area contributed by atoms with Crippen LogP contribution in [0.2, 0.25) is 0 Å². The highest BCUT2D eigenvalue weighted by molar-refractivity contribution is 5.87. The summed E-state index contributed by atoms with van der Waals surface area (Å²) < 4.78 is 19.5. The summed E-state index contributed by atoms with van der Waals surface area (Å²) in [5.74, 6) is 0.132. The van der Waals surface area contributed by atoms with Gasteiger partial charge in [-0.2, -0.15) is 9.49 Å². The Morgan fingerprint density at radius 3 is 2.78 bits per heavy atom. The number of aromatic amines is 1. The summed E-state index contributed by atoms with van der Waals surface area (Å²) in [6, 6.07) is 12.9. The molecule has 0 aliphatic carbocycles. The van der Waals surface area contributed by atoms with Crippen LogP contribution < -0.4 is 10.1 Å². The van der Waals surface area contributed by atoms with Gasteiger partial charge in [-0.3, -0.25) is 9.89 Å². The van der Waals surface area contributed by atoms with Crippen molar-refractivity contribution in [1.29, 1.82) is 0 Å². The molecular weight excluding hydrogens is 411 g/mol. The number of nitrogens with one attached hydrogen (secondary N) is 2. The van der Waals surface area contributed by atoms with Crippen LogP contribution in [-0.2, 0) is 4.79 Å². The van der Waals surface area contributed by atoms with Gasteiger partial charge >= 0.3 is 0 Å². The van der Waals surface area contributed by atoms with Crippen molar-refractivity contribution in [2.75, 3.05) is 39.9 Å². The van der Waals surface area contributed by atoms with Crippen LogP contribution in [0.1, 0.15) is 11.1 Å². The number of carbonyl (C=O) groups is 1. The lowest BCUT2D eigenvalue weighted by molar-refractivity contribution is -0.125. The highest BCUT2D eigenvalue weighted by atomic mass is 19.1. The van der Waals surface area contributed by atoms with E-state index in [2.05, 4.69) is 22.1 Å². The number of hydrogen-bond donors (Lipinski definition) is 3. The summed E-state index contributed by atoms with van der Waals surface area (Å²) in [5.41, 5.74) is 3.10. The molecule has 1 aromatic heterocycles. The maximum absolute atomic E-state index is 13.8. The van der Waals surface area contributed by atoms with Crippen LogP contribution in [0.4, 0.5) is 4.39 Å². The van der Waals surface area contributed by atoms with Gasteiger partial charge < -0.3 is 20.1 Å². The fraction of sp³-hybridized carbons (Fsp3) is 0.250. The van der Waals surface area contributed by atoms with Crippen molar-refractivity contribution in [3.05, 3.63) is 78.3 Å². The molecule has 0 radical (unpaired) electrons. The lowest BCUT2D eigenvalue weighted by atomic mass is 9.98. The predicted molar refractivity (Wildman–Crippen MR) is 123 cm³/mol. The monoisotopic (exact) mass is 438 g/mol. The molecule has 32 heavy (non-hydrogen) atoms. The molecule has 8 heteroatoms. The number of H-pyrrole nitrogens is 1. The summed E-state index contributed by atoms with van der Waals surface area (Å²) in [7, 11) is 1.64. The highest BCUT2D eigenvalue weighted by Gasteiger charge is 2.09. The largest absolute Gasteiger partial charge is 0.492 e. The molecule has 0 saturated carbocycles. The van der Waals surface area contributed by atoms with Crippen LogP contribution in [0.5, 0.6) is 5.75 Å². The third-order valence-electron chi connectivity index (χ3n) is 4.94. The second-order valence-corrected chi connectivity index (χ2v) is 7.21. The molecule has 3 N–H and O–H groups in total. The SMILES string of the molecule is C=C(c1ccc(OCCNC/C=C/C(=O)N(C)CCO)cc1)c1ccc2n[nH]c(F)c2c1. The molecular formula is C24H27FN4O3. The first-order valence-electron chi connectivity index (χ1n) is 10.3. The number of fused-ring (bicyclic) bond motifs is 1. The van der Waals surface area contributed by atoms with E-state index in [0.717, 1.165) is 22.4 Å². The quantitative estimate of drug-likeness (QED) is 0.316. The molecule has 2 aromatic carbocycles. The van der Waals surface area contributed by atoms with Gasteiger partial charge in [0.1, 0.15) is 12.4 Å². The Hall–Kier alpha value is -3.49. The van der Waals surface area contributed by atoms with Crippen LogP contribution in [-0.4, -0.2) is 66.0 Å². The van der Waals surface area contributed by atoms with Crippen molar-refractivity contribution in [2.24, 2.45) is 0 Å². The van der Waals surface area contributed by atoms with Crippen LogP contribution in [0, 0.1) is 5.95 Å². The van der Waals surface area contributed by atoms with E-state index in [0.29, 0.717) is 37.1 Å².